The van der Waals surface area contributed by atoms with Gasteiger partial charge in [-0.15, -0.1) is 0 Å². The molecular formula is C16H17FN2O4. The van der Waals surface area contributed by atoms with Crippen LogP contribution in [0, 0.1) is 5.82 Å². The second-order valence-electron chi connectivity index (χ2n) is 5.27. The highest BCUT2D eigenvalue weighted by Crippen LogP contribution is 2.30. The zero-order valence-corrected chi connectivity index (χ0v) is 12.7. The summed E-state index contributed by atoms with van der Waals surface area (Å²) in [6.07, 6.45) is 1.76. The number of carbonyl (C=O) groups is 1. The molecule has 6 nitrogen and oxygen atoms in total. The van der Waals surface area contributed by atoms with Crippen LogP contribution >= 0.6 is 0 Å². The third-order valence-corrected chi connectivity index (χ3v) is 3.47. The SMILES string of the molecule is CCCc1cc(C(=O)OCc2cc(F)cc3c2OCOC3)n[nH]1. The number of aromatic amines is 1. The van der Waals surface area contributed by atoms with Crippen molar-refractivity contribution in [3.8, 4) is 5.75 Å². The van der Waals surface area contributed by atoms with Crippen LogP contribution in [0.25, 0.3) is 0 Å². The third kappa shape index (κ3) is 3.50. The number of rotatable bonds is 5. The summed E-state index contributed by atoms with van der Waals surface area (Å²) >= 11 is 0. The highest BCUT2D eigenvalue weighted by molar-refractivity contribution is 5.87. The smallest absolute Gasteiger partial charge is 0.359 e. The van der Waals surface area contributed by atoms with Crippen molar-refractivity contribution in [1.82, 2.24) is 10.2 Å². The van der Waals surface area contributed by atoms with Crippen LogP contribution in [0.5, 0.6) is 5.75 Å². The number of halogens is 1. The fourth-order valence-corrected chi connectivity index (χ4v) is 2.44. The number of hydrogen-bond acceptors (Lipinski definition) is 5. The first-order valence-corrected chi connectivity index (χ1v) is 7.40. The molecule has 7 heteroatoms. The maximum Gasteiger partial charge on any atom is 0.359 e. The van der Waals surface area contributed by atoms with Crippen LogP contribution in [0.1, 0.15) is 40.7 Å². The summed E-state index contributed by atoms with van der Waals surface area (Å²) < 4.78 is 29.3. The molecule has 1 aliphatic rings. The number of esters is 1. The van der Waals surface area contributed by atoms with E-state index in [1.54, 1.807) is 6.07 Å². The number of aromatic nitrogens is 2. The third-order valence-electron chi connectivity index (χ3n) is 3.47. The molecule has 1 aliphatic heterocycles. The average Bonchev–Trinajstić information content (AvgIpc) is 3.01. The zero-order valence-electron chi connectivity index (χ0n) is 12.7. The lowest BCUT2D eigenvalue weighted by atomic mass is 10.1. The molecule has 2 heterocycles. The number of nitrogens with zero attached hydrogens (tertiary/aromatic N) is 1. The first-order valence-electron chi connectivity index (χ1n) is 7.40. The van der Waals surface area contributed by atoms with Gasteiger partial charge in [-0.1, -0.05) is 13.3 Å². The number of benzene rings is 1. The molecule has 2 aromatic rings. The minimum absolute atomic E-state index is 0.0884. The molecule has 0 radical (unpaired) electrons. The van der Waals surface area contributed by atoms with Crippen LogP contribution < -0.4 is 4.74 Å². The van der Waals surface area contributed by atoms with E-state index in [0.29, 0.717) is 16.9 Å². The second kappa shape index (κ2) is 6.78. The van der Waals surface area contributed by atoms with Gasteiger partial charge < -0.3 is 14.2 Å². The molecule has 1 N–H and O–H groups in total. The summed E-state index contributed by atoms with van der Waals surface area (Å²) in [7, 11) is 0. The summed E-state index contributed by atoms with van der Waals surface area (Å²) in [5, 5.41) is 6.72. The van der Waals surface area contributed by atoms with Gasteiger partial charge in [0.15, 0.2) is 12.5 Å². The Balaban J connectivity index is 1.70. The van der Waals surface area contributed by atoms with Crippen LogP contribution in [-0.4, -0.2) is 23.0 Å². The van der Waals surface area contributed by atoms with Crippen LogP contribution in [0.4, 0.5) is 4.39 Å². The molecule has 0 aliphatic carbocycles. The largest absolute Gasteiger partial charge is 0.467 e. The van der Waals surface area contributed by atoms with Crippen LogP contribution in [0.2, 0.25) is 0 Å². The molecule has 0 amide bonds. The lowest BCUT2D eigenvalue weighted by molar-refractivity contribution is -0.0183. The van der Waals surface area contributed by atoms with Crippen molar-refractivity contribution in [2.75, 3.05) is 6.79 Å². The Morgan fingerprint density at radius 2 is 2.30 bits per heavy atom. The van der Waals surface area contributed by atoms with Crippen LogP contribution in [-0.2, 0) is 29.1 Å². The van der Waals surface area contributed by atoms with Gasteiger partial charge in [0.1, 0.15) is 18.2 Å². The number of hydrogen-bond donors (Lipinski definition) is 1. The summed E-state index contributed by atoms with van der Waals surface area (Å²) in [5.41, 5.74) is 2.17. The summed E-state index contributed by atoms with van der Waals surface area (Å²) in [6.45, 7) is 2.32. The lowest BCUT2D eigenvalue weighted by Gasteiger charge is -2.20. The molecule has 1 aromatic heterocycles. The van der Waals surface area contributed by atoms with Crippen molar-refractivity contribution < 1.29 is 23.4 Å². The summed E-state index contributed by atoms with van der Waals surface area (Å²) in [5.74, 6) is -0.471. The Morgan fingerprint density at radius 3 is 3.13 bits per heavy atom. The molecule has 0 fully saturated rings. The standard InChI is InChI=1S/C16H17FN2O4/c1-2-3-13-6-14(19-18-13)16(20)22-8-11-5-12(17)4-10-7-21-9-23-15(10)11/h4-6H,2-3,7-9H2,1H3,(H,18,19). The number of H-pyrrole nitrogens is 1. The van der Waals surface area contributed by atoms with E-state index in [0.717, 1.165) is 18.5 Å². The van der Waals surface area contributed by atoms with Crippen molar-refractivity contribution in [3.63, 3.8) is 0 Å². The molecule has 122 valence electrons. The number of aryl methyl sites for hydroxylation is 1. The van der Waals surface area contributed by atoms with Gasteiger partial charge in [0.05, 0.1) is 6.61 Å². The molecule has 1 aromatic carbocycles. The zero-order chi connectivity index (χ0) is 16.2. The molecule has 3 rings (SSSR count). The minimum atomic E-state index is -0.561. The van der Waals surface area contributed by atoms with Crippen molar-refractivity contribution in [2.45, 2.75) is 33.0 Å². The van der Waals surface area contributed by atoms with Gasteiger partial charge in [-0.2, -0.15) is 5.10 Å². The van der Waals surface area contributed by atoms with Gasteiger partial charge in [0.25, 0.3) is 0 Å². The fourth-order valence-electron chi connectivity index (χ4n) is 2.44. The van der Waals surface area contributed by atoms with Crippen molar-refractivity contribution in [1.29, 1.82) is 0 Å². The Morgan fingerprint density at radius 1 is 1.43 bits per heavy atom. The van der Waals surface area contributed by atoms with Crippen LogP contribution in [0.3, 0.4) is 0 Å². The lowest BCUT2D eigenvalue weighted by Crippen LogP contribution is -2.15. The molecule has 0 saturated carbocycles. The van der Waals surface area contributed by atoms with E-state index in [4.69, 9.17) is 14.2 Å². The maximum atomic E-state index is 13.6. The Labute approximate surface area is 132 Å². The van der Waals surface area contributed by atoms with Gasteiger partial charge in [-0.05, 0) is 24.6 Å². The number of ether oxygens (including phenoxy) is 3. The second-order valence-corrected chi connectivity index (χ2v) is 5.27. The van der Waals surface area contributed by atoms with E-state index >= 15 is 0 Å². The van der Waals surface area contributed by atoms with Gasteiger partial charge in [0.2, 0.25) is 0 Å². The number of fused-ring (bicyclic) bond motifs is 1. The Bertz CT molecular complexity index is 714. The highest BCUT2D eigenvalue weighted by Gasteiger charge is 2.19. The summed E-state index contributed by atoms with van der Waals surface area (Å²) in [4.78, 5) is 12.0. The van der Waals surface area contributed by atoms with Gasteiger partial charge in [-0.25, -0.2) is 9.18 Å². The van der Waals surface area contributed by atoms with E-state index in [1.165, 1.54) is 12.1 Å². The molecule has 0 bridgehead atoms. The Kier molecular flexibility index (Phi) is 4.57. The molecule has 23 heavy (non-hydrogen) atoms. The van der Waals surface area contributed by atoms with E-state index in [9.17, 15) is 9.18 Å². The van der Waals surface area contributed by atoms with E-state index in [1.807, 2.05) is 6.92 Å². The predicted molar refractivity (Wildman–Crippen MR) is 78.4 cm³/mol. The molecule has 0 saturated heterocycles. The van der Waals surface area contributed by atoms with E-state index in [-0.39, 0.29) is 25.7 Å². The molecular weight excluding hydrogens is 303 g/mol. The van der Waals surface area contributed by atoms with Gasteiger partial charge in [-0.3, -0.25) is 5.10 Å². The number of nitrogens with one attached hydrogen (secondary N) is 1. The van der Waals surface area contributed by atoms with Crippen LogP contribution in [0.15, 0.2) is 18.2 Å². The summed E-state index contributed by atoms with van der Waals surface area (Å²) in [6, 6.07) is 4.31. The quantitative estimate of drug-likeness (QED) is 0.858. The van der Waals surface area contributed by atoms with Crippen molar-refractivity contribution in [3.05, 3.63) is 46.5 Å². The molecule has 0 unspecified atom stereocenters. The van der Waals surface area contributed by atoms with Crippen molar-refractivity contribution >= 4 is 5.97 Å². The monoisotopic (exact) mass is 320 g/mol. The molecule has 0 spiro atoms. The predicted octanol–water partition coefficient (Wildman–Crippen LogP) is 2.72. The van der Waals surface area contributed by atoms with E-state index < -0.39 is 11.8 Å². The average molecular weight is 320 g/mol. The maximum absolute atomic E-state index is 13.6. The van der Waals surface area contributed by atoms with E-state index in [2.05, 4.69) is 10.2 Å². The highest BCUT2D eigenvalue weighted by atomic mass is 19.1. The molecule has 0 atom stereocenters. The Hall–Kier alpha value is -2.41. The number of carbonyl (C=O) groups excluding carboxylic acids is 1. The fraction of sp³-hybridized carbons (Fsp3) is 0.375. The normalized spacial score (nSPS) is 13.3. The topological polar surface area (TPSA) is 73.4 Å². The van der Waals surface area contributed by atoms with Crippen molar-refractivity contribution in [2.24, 2.45) is 0 Å². The van der Waals surface area contributed by atoms with Gasteiger partial charge in [0, 0.05) is 16.8 Å². The minimum Gasteiger partial charge on any atom is -0.467 e. The first kappa shape index (κ1) is 15.5. The first-order chi connectivity index (χ1) is 11.2. The van der Waals surface area contributed by atoms with Gasteiger partial charge >= 0.3 is 5.97 Å².